The third kappa shape index (κ3) is 2.70. The second-order valence-corrected chi connectivity index (χ2v) is 5.67. The van der Waals surface area contributed by atoms with Crippen LogP contribution < -0.4 is 0 Å². The van der Waals surface area contributed by atoms with Gasteiger partial charge in [-0.05, 0) is 48.8 Å². The molecule has 0 N–H and O–H groups in total. The fraction of sp³-hybridized carbons (Fsp3) is 1.00. The zero-order valence-corrected chi connectivity index (χ0v) is 13.3. The van der Waals surface area contributed by atoms with Gasteiger partial charge in [-0.15, -0.1) is 0 Å². The molecule has 0 unspecified atom stereocenters. The molecule has 0 aliphatic carbocycles. The van der Waals surface area contributed by atoms with Crippen LogP contribution in [-0.4, -0.2) is 105 Å². The van der Waals surface area contributed by atoms with Gasteiger partial charge in [0.15, 0.2) is 5.91 Å². The summed E-state index contributed by atoms with van der Waals surface area (Å²) in [7, 11) is 13.1. The number of rotatable bonds is 3. The second-order valence-electron chi connectivity index (χ2n) is 5.67. The topological polar surface area (TPSA) is 16.2 Å². The van der Waals surface area contributed by atoms with E-state index in [9.17, 15) is 0 Å². The van der Waals surface area contributed by atoms with Crippen LogP contribution in [0.3, 0.4) is 0 Å². The first-order valence-electron chi connectivity index (χ1n) is 6.87. The first kappa shape index (κ1) is 15.9. The van der Waals surface area contributed by atoms with E-state index in [1.54, 1.807) is 0 Å². The number of hydrogen-bond donors (Lipinski definition) is 0. The molecule has 0 saturated carbocycles. The van der Waals surface area contributed by atoms with Crippen LogP contribution in [-0.2, 0) is 0 Å². The molecule has 108 valence electrons. The van der Waals surface area contributed by atoms with E-state index in [4.69, 9.17) is 0 Å². The summed E-state index contributed by atoms with van der Waals surface area (Å²) >= 11 is 0. The molecule has 0 amide bonds. The highest BCUT2D eigenvalue weighted by Crippen LogP contribution is 2.24. The summed E-state index contributed by atoms with van der Waals surface area (Å²) in [5.74, 6) is -0.139. The fourth-order valence-electron chi connectivity index (χ4n) is 3.37. The largest absolute Gasteiger partial charge is 0.301 e. The van der Waals surface area contributed by atoms with Gasteiger partial charge in [0, 0.05) is 26.2 Å². The van der Waals surface area contributed by atoms with E-state index in [1.807, 2.05) is 0 Å². The van der Waals surface area contributed by atoms with Crippen molar-refractivity contribution in [2.24, 2.45) is 0 Å². The van der Waals surface area contributed by atoms with Crippen molar-refractivity contribution in [2.75, 3.05) is 75.0 Å². The molecule has 0 aromatic carbocycles. The van der Waals surface area contributed by atoms with Gasteiger partial charge in [0.05, 0.1) is 0 Å². The third-order valence-corrected chi connectivity index (χ3v) is 4.17. The summed E-state index contributed by atoms with van der Waals surface area (Å²) < 4.78 is 0. The average Bonchev–Trinajstić information content (AvgIpc) is 2.27. The molecule has 5 heteroatoms. The lowest BCUT2D eigenvalue weighted by molar-refractivity contribution is -0.224. The molecule has 0 aromatic rings. The van der Waals surface area contributed by atoms with Crippen molar-refractivity contribution in [3.63, 3.8) is 0 Å². The Morgan fingerprint density at radius 2 is 1.22 bits per heavy atom. The molecule has 0 atom stereocenters. The van der Waals surface area contributed by atoms with E-state index < -0.39 is 0 Å². The highest BCUT2D eigenvalue weighted by Gasteiger charge is 2.44. The molecule has 1 rings (SSSR count). The van der Waals surface area contributed by atoms with Gasteiger partial charge in [-0.3, -0.25) is 19.6 Å². The van der Waals surface area contributed by atoms with Crippen LogP contribution >= 0.6 is 0 Å². The van der Waals surface area contributed by atoms with Gasteiger partial charge < -0.3 is 4.90 Å². The predicted molar refractivity (Wildman–Crippen MR) is 77.5 cm³/mol. The van der Waals surface area contributed by atoms with E-state index in [2.05, 4.69) is 73.7 Å². The Hall–Kier alpha value is -0.200. The Morgan fingerprint density at radius 3 is 1.50 bits per heavy atom. The maximum Gasteiger partial charge on any atom is 0.190 e. The van der Waals surface area contributed by atoms with Gasteiger partial charge >= 0.3 is 0 Å². The maximum absolute atomic E-state index is 2.52. The normalized spacial score (nSPS) is 24.5. The summed E-state index contributed by atoms with van der Waals surface area (Å²) in [5.41, 5.74) is 0. The van der Waals surface area contributed by atoms with Crippen molar-refractivity contribution in [3.8, 4) is 0 Å². The molecule has 5 nitrogen and oxygen atoms in total. The predicted octanol–water partition coefficient (Wildman–Crippen LogP) is -0.0800. The lowest BCUT2D eigenvalue weighted by atomic mass is 10.2. The third-order valence-electron chi connectivity index (χ3n) is 4.17. The molecule has 1 heterocycles. The van der Waals surface area contributed by atoms with Crippen LogP contribution in [0.4, 0.5) is 0 Å². The summed E-state index contributed by atoms with van der Waals surface area (Å²) in [6.45, 7) is 7.82. The molecule has 0 radical (unpaired) electrons. The molecule has 1 aliphatic heterocycles. The Bertz CT molecular complexity index is 230. The first-order chi connectivity index (χ1) is 8.37. The molecule has 1 saturated heterocycles. The van der Waals surface area contributed by atoms with Gasteiger partial charge in [-0.1, -0.05) is 6.92 Å². The fourth-order valence-corrected chi connectivity index (χ4v) is 3.37. The zero-order chi connectivity index (χ0) is 13.9. The van der Waals surface area contributed by atoms with Gasteiger partial charge in [0.2, 0.25) is 0 Å². The van der Waals surface area contributed by atoms with Crippen LogP contribution in [0.15, 0.2) is 0 Å². The molecule has 1 fully saturated rings. The van der Waals surface area contributed by atoms with Crippen LogP contribution in [0.2, 0.25) is 0 Å². The summed E-state index contributed by atoms with van der Waals surface area (Å²) in [6.07, 6.45) is 0. The summed E-state index contributed by atoms with van der Waals surface area (Å²) in [5, 5.41) is 0. The minimum absolute atomic E-state index is 0.139. The molecule has 18 heavy (non-hydrogen) atoms. The van der Waals surface area contributed by atoms with Crippen molar-refractivity contribution in [3.05, 3.63) is 0 Å². The average molecular weight is 257 g/mol. The monoisotopic (exact) mass is 257 g/mol. The van der Waals surface area contributed by atoms with Gasteiger partial charge in [0.25, 0.3) is 0 Å². The molecule has 0 spiro atoms. The summed E-state index contributed by atoms with van der Waals surface area (Å²) in [4.78, 5) is 12.0. The van der Waals surface area contributed by atoms with Crippen molar-refractivity contribution in [2.45, 2.75) is 12.8 Å². The van der Waals surface area contributed by atoms with Crippen LogP contribution in [0, 0.1) is 0 Å². The van der Waals surface area contributed by atoms with E-state index in [0.29, 0.717) is 0 Å². The SMILES string of the molecule is CCN1CCN(C)C(N(C)C)(N(C)C)N(C)CC1. The lowest BCUT2D eigenvalue weighted by Crippen LogP contribution is -2.75. The number of hydrogen-bond acceptors (Lipinski definition) is 5. The minimum Gasteiger partial charge on any atom is -0.301 e. The molecular formula is C13H31N5. The first-order valence-corrected chi connectivity index (χ1v) is 6.87. The number of likely N-dealkylation sites (N-methyl/N-ethyl adjacent to an activating group) is 3. The van der Waals surface area contributed by atoms with E-state index in [0.717, 1.165) is 32.7 Å². The minimum atomic E-state index is -0.139. The van der Waals surface area contributed by atoms with Crippen LogP contribution in [0.5, 0.6) is 0 Å². The Kier molecular flexibility index (Phi) is 5.55. The van der Waals surface area contributed by atoms with Crippen molar-refractivity contribution < 1.29 is 0 Å². The quantitative estimate of drug-likeness (QED) is 0.656. The Labute approximate surface area is 113 Å². The highest BCUT2D eigenvalue weighted by molar-refractivity contribution is 4.86. The van der Waals surface area contributed by atoms with Crippen LogP contribution in [0.25, 0.3) is 0 Å². The van der Waals surface area contributed by atoms with Crippen molar-refractivity contribution in [1.29, 1.82) is 0 Å². The van der Waals surface area contributed by atoms with Crippen LogP contribution in [0.1, 0.15) is 6.92 Å². The lowest BCUT2D eigenvalue weighted by Gasteiger charge is -2.57. The van der Waals surface area contributed by atoms with Crippen molar-refractivity contribution >= 4 is 0 Å². The smallest absolute Gasteiger partial charge is 0.190 e. The van der Waals surface area contributed by atoms with E-state index in [-0.39, 0.29) is 5.91 Å². The summed E-state index contributed by atoms with van der Waals surface area (Å²) in [6, 6.07) is 0. The molecule has 0 bridgehead atoms. The van der Waals surface area contributed by atoms with E-state index in [1.165, 1.54) is 0 Å². The molecule has 1 aliphatic rings. The van der Waals surface area contributed by atoms with Gasteiger partial charge in [-0.25, -0.2) is 0 Å². The van der Waals surface area contributed by atoms with Crippen molar-refractivity contribution in [1.82, 2.24) is 24.5 Å². The molecular weight excluding hydrogens is 226 g/mol. The van der Waals surface area contributed by atoms with Gasteiger partial charge in [-0.2, -0.15) is 0 Å². The maximum atomic E-state index is 2.52. The molecule has 0 aromatic heterocycles. The zero-order valence-electron chi connectivity index (χ0n) is 13.3. The Morgan fingerprint density at radius 1 is 0.833 bits per heavy atom. The standard InChI is InChI=1S/C13H31N5/c1-8-18-11-9-16(6)13(14(2)3,15(4)5)17(7)10-12-18/h8-12H2,1-7H3. The highest BCUT2D eigenvalue weighted by atomic mass is 15.7. The number of nitrogens with zero attached hydrogens (tertiary/aromatic N) is 5. The van der Waals surface area contributed by atoms with Gasteiger partial charge in [0.1, 0.15) is 0 Å². The van der Waals surface area contributed by atoms with E-state index >= 15 is 0 Å². The Balaban J connectivity index is 3.00. The second kappa shape index (κ2) is 6.30.